The van der Waals surface area contributed by atoms with Crippen molar-refractivity contribution in [1.82, 2.24) is 5.01 Å². The van der Waals surface area contributed by atoms with Crippen molar-refractivity contribution >= 4 is 11.8 Å². The van der Waals surface area contributed by atoms with Crippen molar-refractivity contribution in [3.05, 3.63) is 24.4 Å². The van der Waals surface area contributed by atoms with Crippen LogP contribution in [0.1, 0.15) is 26.7 Å². The van der Waals surface area contributed by atoms with E-state index in [4.69, 9.17) is 20.9 Å². The molecule has 23 heavy (non-hydrogen) atoms. The summed E-state index contributed by atoms with van der Waals surface area (Å²) in [6, 6.07) is 2.19. The van der Waals surface area contributed by atoms with Crippen molar-refractivity contribution < 1.29 is 9.47 Å². The van der Waals surface area contributed by atoms with Gasteiger partial charge in [0.05, 0.1) is 18.8 Å². The molecule has 0 aliphatic carbocycles. The topological polar surface area (TPSA) is 122 Å². The molecule has 2 aliphatic heterocycles. The molecule has 2 heterocycles. The van der Waals surface area contributed by atoms with Gasteiger partial charge in [-0.25, -0.2) is 5.01 Å². The fraction of sp³-hybridized carbons (Fsp3) is 0.533. The molecule has 0 unspecified atom stereocenters. The third kappa shape index (κ3) is 3.52. The lowest BCUT2D eigenvalue weighted by atomic mass is 10.1. The predicted molar refractivity (Wildman–Crippen MR) is 86.9 cm³/mol. The number of guanidine groups is 1. The number of aliphatic imine (C=N–C) groups is 1. The van der Waals surface area contributed by atoms with E-state index in [1.807, 2.05) is 13.8 Å². The highest BCUT2D eigenvalue weighted by Gasteiger charge is 2.48. The minimum atomic E-state index is -1.29. The molecule has 2 rings (SSSR count). The maximum atomic E-state index is 9.72. The minimum Gasteiger partial charge on any atom is -0.382 e. The molecule has 1 fully saturated rings. The third-order valence-corrected chi connectivity index (χ3v) is 3.50. The lowest BCUT2D eigenvalue weighted by molar-refractivity contribution is -0.114. The monoisotopic (exact) mass is 318 g/mol. The number of allylic oxidation sites excluding steroid dienone is 2. The first kappa shape index (κ1) is 17.0. The van der Waals surface area contributed by atoms with E-state index in [2.05, 4.69) is 22.7 Å². The second-order valence-corrected chi connectivity index (χ2v) is 5.61. The minimum absolute atomic E-state index is 0.0242. The Morgan fingerprint density at radius 3 is 2.96 bits per heavy atom. The Morgan fingerprint density at radius 1 is 1.61 bits per heavy atom. The Morgan fingerprint density at radius 2 is 2.35 bits per heavy atom. The fourth-order valence-electron chi connectivity index (χ4n) is 2.46. The molecule has 124 valence electrons. The Kier molecular flexibility index (Phi) is 5.03. The van der Waals surface area contributed by atoms with E-state index >= 15 is 0 Å². The zero-order chi connectivity index (χ0) is 17.0. The summed E-state index contributed by atoms with van der Waals surface area (Å²) in [5, 5.41) is 15.3. The first-order valence-corrected chi connectivity index (χ1v) is 7.44. The van der Waals surface area contributed by atoms with E-state index in [1.54, 1.807) is 12.2 Å². The summed E-state index contributed by atoms with van der Waals surface area (Å²) in [5.74, 6) is 0.140. The fourth-order valence-corrected chi connectivity index (χ4v) is 2.46. The number of hydrogen-bond donors (Lipinski definition) is 2. The van der Waals surface area contributed by atoms with Gasteiger partial charge in [-0.15, -0.1) is 5.10 Å². The molecular formula is C15H22N6O2. The number of nitrogens with zero attached hydrogens (tertiary/aromatic N) is 4. The van der Waals surface area contributed by atoms with Gasteiger partial charge in [-0.2, -0.15) is 10.3 Å². The molecule has 0 saturated carbocycles. The number of hydrazone groups is 1. The van der Waals surface area contributed by atoms with Crippen LogP contribution in [0.5, 0.6) is 0 Å². The van der Waals surface area contributed by atoms with E-state index in [0.717, 1.165) is 0 Å². The van der Waals surface area contributed by atoms with Crippen molar-refractivity contribution in [3.63, 3.8) is 0 Å². The summed E-state index contributed by atoms with van der Waals surface area (Å²) in [5.41, 5.74) is 10.7. The van der Waals surface area contributed by atoms with E-state index < -0.39 is 5.72 Å². The van der Waals surface area contributed by atoms with E-state index in [1.165, 1.54) is 5.01 Å². The summed E-state index contributed by atoms with van der Waals surface area (Å²) in [4.78, 5) is 3.92. The van der Waals surface area contributed by atoms with Gasteiger partial charge in [0, 0.05) is 6.42 Å². The molecule has 8 heteroatoms. The van der Waals surface area contributed by atoms with Crippen LogP contribution in [-0.4, -0.2) is 41.3 Å². The van der Waals surface area contributed by atoms with Crippen LogP contribution in [0.2, 0.25) is 0 Å². The molecule has 2 aliphatic rings. The lowest BCUT2D eigenvalue weighted by Gasteiger charge is -2.35. The van der Waals surface area contributed by atoms with Gasteiger partial charge >= 0.3 is 0 Å². The molecule has 0 spiro atoms. The van der Waals surface area contributed by atoms with Crippen molar-refractivity contribution in [3.8, 4) is 6.07 Å². The normalized spacial score (nSPS) is 29.4. The van der Waals surface area contributed by atoms with Crippen molar-refractivity contribution in [2.75, 3.05) is 6.61 Å². The van der Waals surface area contributed by atoms with Crippen LogP contribution < -0.4 is 11.5 Å². The van der Waals surface area contributed by atoms with Crippen LogP contribution in [0, 0.1) is 11.3 Å². The van der Waals surface area contributed by atoms with Crippen LogP contribution in [-0.2, 0) is 9.47 Å². The van der Waals surface area contributed by atoms with Gasteiger partial charge in [-0.3, -0.25) is 0 Å². The number of rotatable bonds is 5. The van der Waals surface area contributed by atoms with Gasteiger partial charge in [0.25, 0.3) is 5.72 Å². The Labute approximate surface area is 135 Å². The summed E-state index contributed by atoms with van der Waals surface area (Å²) >= 11 is 0. The van der Waals surface area contributed by atoms with E-state index in [0.29, 0.717) is 25.1 Å². The number of nitriles is 1. The summed E-state index contributed by atoms with van der Waals surface area (Å²) in [6.45, 7) is 7.96. The molecule has 0 bridgehead atoms. The smallest absolute Gasteiger partial charge is 0.250 e. The van der Waals surface area contributed by atoms with Gasteiger partial charge in [0.15, 0.2) is 5.84 Å². The largest absolute Gasteiger partial charge is 0.382 e. The maximum absolute atomic E-state index is 9.72. The highest BCUT2D eigenvalue weighted by atomic mass is 16.6. The standard InChI is InChI=1S/C15H22N6O2/c1-4-5-12-13(17)19-14(18)20-21(12)15(9-16)7-6-11(23-15)8-22-10(2)3/h4-5,10-11H,1,6-8H2,2-3H3,(H4,17,18,19,20)/b12-5-/t11-,15-/m0/s1. The molecule has 0 aromatic carbocycles. The van der Waals surface area contributed by atoms with Crippen molar-refractivity contribution in [2.45, 2.75) is 44.6 Å². The second kappa shape index (κ2) is 6.81. The van der Waals surface area contributed by atoms with Crippen LogP contribution in [0.4, 0.5) is 0 Å². The van der Waals surface area contributed by atoms with E-state index in [-0.39, 0.29) is 24.0 Å². The van der Waals surface area contributed by atoms with Crippen molar-refractivity contribution in [2.24, 2.45) is 21.6 Å². The molecule has 0 aromatic rings. The average Bonchev–Trinajstić information content (AvgIpc) is 2.92. The first-order chi connectivity index (χ1) is 10.9. The number of amidine groups is 1. The Bertz CT molecular complexity index is 604. The first-order valence-electron chi connectivity index (χ1n) is 7.44. The van der Waals surface area contributed by atoms with Gasteiger partial charge < -0.3 is 20.9 Å². The lowest BCUT2D eigenvalue weighted by Crippen LogP contribution is -2.50. The summed E-state index contributed by atoms with van der Waals surface area (Å²) in [7, 11) is 0. The summed E-state index contributed by atoms with van der Waals surface area (Å²) < 4.78 is 11.5. The second-order valence-electron chi connectivity index (χ2n) is 5.61. The van der Waals surface area contributed by atoms with Crippen LogP contribution in [0.3, 0.4) is 0 Å². The highest BCUT2D eigenvalue weighted by Crippen LogP contribution is 2.37. The zero-order valence-corrected chi connectivity index (χ0v) is 13.4. The van der Waals surface area contributed by atoms with Crippen molar-refractivity contribution in [1.29, 1.82) is 5.26 Å². The quantitative estimate of drug-likeness (QED) is 0.772. The molecule has 0 aromatic heterocycles. The van der Waals surface area contributed by atoms with Crippen LogP contribution in [0.15, 0.2) is 34.5 Å². The molecule has 0 amide bonds. The van der Waals surface area contributed by atoms with Gasteiger partial charge in [-0.1, -0.05) is 12.7 Å². The molecule has 1 saturated heterocycles. The van der Waals surface area contributed by atoms with Gasteiger partial charge in [0.2, 0.25) is 5.96 Å². The summed E-state index contributed by atoms with van der Waals surface area (Å²) in [6.07, 6.45) is 4.19. The Balaban J connectivity index is 2.26. The third-order valence-electron chi connectivity index (χ3n) is 3.50. The molecule has 8 nitrogen and oxygen atoms in total. The SMILES string of the molecule is C=C/C=C1/C(N)=NC(N)=NN1[C@@]1(C#N)CC[C@@H](COC(C)C)O1. The maximum Gasteiger partial charge on any atom is 0.250 e. The Hall–Kier alpha value is -2.37. The molecule has 0 radical (unpaired) electrons. The van der Waals surface area contributed by atoms with Crippen LogP contribution >= 0.6 is 0 Å². The molecule has 4 N–H and O–H groups in total. The van der Waals surface area contributed by atoms with Gasteiger partial charge in [-0.05, 0) is 26.3 Å². The number of nitrogens with two attached hydrogens (primary N) is 2. The average molecular weight is 318 g/mol. The predicted octanol–water partition coefficient (Wildman–Crippen LogP) is 0.783. The molecular weight excluding hydrogens is 296 g/mol. The number of ether oxygens (including phenoxy) is 2. The highest BCUT2D eigenvalue weighted by molar-refractivity contribution is 6.05. The van der Waals surface area contributed by atoms with E-state index in [9.17, 15) is 5.26 Å². The van der Waals surface area contributed by atoms with Crippen LogP contribution in [0.25, 0.3) is 0 Å². The number of hydrogen-bond acceptors (Lipinski definition) is 8. The zero-order valence-electron chi connectivity index (χ0n) is 13.4. The molecule has 2 atom stereocenters. The van der Waals surface area contributed by atoms with Gasteiger partial charge in [0.1, 0.15) is 11.8 Å².